The van der Waals surface area contributed by atoms with Crippen LogP contribution in [0.5, 0.6) is 0 Å². The van der Waals surface area contributed by atoms with E-state index in [0.29, 0.717) is 0 Å². The van der Waals surface area contributed by atoms with Crippen molar-refractivity contribution in [3.8, 4) is 0 Å². The molecule has 0 saturated carbocycles. The summed E-state index contributed by atoms with van der Waals surface area (Å²) in [6.07, 6.45) is 0. The van der Waals surface area contributed by atoms with Crippen molar-refractivity contribution in [1.82, 2.24) is 0 Å². The second-order valence-corrected chi connectivity index (χ2v) is 3.12. The molecule has 0 aromatic heterocycles. The number of carbonyl (C=O) groups is 3. The quantitative estimate of drug-likeness (QED) is 0.313. The van der Waals surface area contributed by atoms with Crippen LogP contribution < -0.4 is 0 Å². The molecule has 0 aromatic rings. The number of carbonyl (C=O) groups excluding carboxylic acids is 3. The maximum absolute atomic E-state index is 11.1. The third-order valence-corrected chi connectivity index (χ3v) is 1.99. The molecule has 0 spiro atoms. The number of Topliss-reactive ketones (excluding diaryl/α,β-unsaturated/α-hetero) is 1. The van der Waals surface area contributed by atoms with Gasteiger partial charge < -0.3 is 9.47 Å². The highest BCUT2D eigenvalue weighted by Gasteiger charge is 2.31. The van der Waals surface area contributed by atoms with E-state index in [4.69, 9.17) is 0 Å². The molecule has 14 heavy (non-hydrogen) atoms. The average molecular weight is 267 g/mol. The smallest absolute Gasteiger partial charge is 0.376 e. The molecule has 0 N–H and O–H groups in total. The summed E-state index contributed by atoms with van der Waals surface area (Å²) in [6, 6.07) is 0. The van der Waals surface area contributed by atoms with Gasteiger partial charge in [-0.1, -0.05) is 15.9 Å². The molecule has 0 rings (SSSR count). The number of alkyl halides is 1. The molecule has 5 nitrogen and oxygen atoms in total. The molecule has 80 valence electrons. The van der Waals surface area contributed by atoms with Crippen molar-refractivity contribution in [2.24, 2.45) is 0 Å². The van der Waals surface area contributed by atoms with E-state index in [1.165, 1.54) is 0 Å². The van der Waals surface area contributed by atoms with Gasteiger partial charge in [0.2, 0.25) is 0 Å². The summed E-state index contributed by atoms with van der Waals surface area (Å²) in [6.45, 7) is 3.41. The summed E-state index contributed by atoms with van der Waals surface area (Å²) in [5.41, 5.74) is 0. The second kappa shape index (κ2) is 6.53. The highest BCUT2D eigenvalue weighted by Crippen LogP contribution is 2.05. The van der Waals surface area contributed by atoms with Crippen molar-refractivity contribution in [2.75, 3.05) is 13.2 Å². The zero-order chi connectivity index (χ0) is 11.1. The van der Waals surface area contributed by atoms with Crippen LogP contribution in [0, 0.1) is 0 Å². The van der Waals surface area contributed by atoms with Gasteiger partial charge in [0.05, 0.1) is 13.2 Å². The Hall–Kier alpha value is -0.910. The van der Waals surface area contributed by atoms with E-state index in [2.05, 4.69) is 25.4 Å². The van der Waals surface area contributed by atoms with Crippen LogP contribution in [0.1, 0.15) is 13.8 Å². The highest BCUT2D eigenvalue weighted by atomic mass is 79.9. The molecule has 0 aromatic carbocycles. The van der Waals surface area contributed by atoms with E-state index in [-0.39, 0.29) is 13.2 Å². The lowest BCUT2D eigenvalue weighted by Crippen LogP contribution is -2.33. The summed E-state index contributed by atoms with van der Waals surface area (Å²) in [5.74, 6) is -2.78. The lowest BCUT2D eigenvalue weighted by molar-refractivity contribution is -0.156. The summed E-state index contributed by atoms with van der Waals surface area (Å²) in [5, 5.41) is 0. The molecule has 0 amide bonds. The lowest BCUT2D eigenvalue weighted by atomic mass is 10.3. The Morgan fingerprint density at radius 1 is 1.14 bits per heavy atom. The van der Waals surface area contributed by atoms with Crippen molar-refractivity contribution >= 4 is 33.7 Å². The van der Waals surface area contributed by atoms with Gasteiger partial charge in [0.25, 0.3) is 5.78 Å². The molecular weight excluding hydrogens is 256 g/mol. The Morgan fingerprint density at radius 3 is 2.07 bits per heavy atom. The largest absolute Gasteiger partial charge is 0.465 e. The molecule has 0 unspecified atom stereocenters. The number of ether oxygens (including phenoxy) is 2. The molecule has 0 aliphatic heterocycles. The monoisotopic (exact) mass is 266 g/mol. The van der Waals surface area contributed by atoms with Gasteiger partial charge in [-0.05, 0) is 13.8 Å². The van der Waals surface area contributed by atoms with Gasteiger partial charge in [0.1, 0.15) is 0 Å². The first-order valence-electron chi connectivity index (χ1n) is 4.06. The SMILES string of the molecule is CCOC(=O)C(=O)[C@H](Br)C(=O)OCC. The minimum absolute atomic E-state index is 0.0904. The Kier molecular flexibility index (Phi) is 6.11. The van der Waals surface area contributed by atoms with Gasteiger partial charge in [0.15, 0.2) is 4.83 Å². The van der Waals surface area contributed by atoms with E-state index in [0.717, 1.165) is 0 Å². The van der Waals surface area contributed by atoms with Crippen LogP contribution in [0.15, 0.2) is 0 Å². The Balaban J connectivity index is 4.24. The summed E-state index contributed by atoms with van der Waals surface area (Å²) in [4.78, 5) is 31.7. The Morgan fingerprint density at radius 2 is 1.64 bits per heavy atom. The maximum Gasteiger partial charge on any atom is 0.376 e. The van der Waals surface area contributed by atoms with E-state index in [1.54, 1.807) is 13.8 Å². The second-order valence-electron chi connectivity index (χ2n) is 2.20. The third kappa shape index (κ3) is 3.87. The summed E-state index contributed by atoms with van der Waals surface area (Å²) >= 11 is 2.76. The molecule has 0 fully saturated rings. The average Bonchev–Trinajstić information content (AvgIpc) is 2.16. The van der Waals surface area contributed by atoms with Crippen molar-refractivity contribution in [3.63, 3.8) is 0 Å². The fourth-order valence-corrected chi connectivity index (χ4v) is 0.947. The Labute approximate surface area is 89.9 Å². The van der Waals surface area contributed by atoms with Gasteiger partial charge >= 0.3 is 11.9 Å². The van der Waals surface area contributed by atoms with Gasteiger partial charge in [-0.15, -0.1) is 0 Å². The fraction of sp³-hybridized carbons (Fsp3) is 0.625. The van der Waals surface area contributed by atoms with Crippen molar-refractivity contribution in [1.29, 1.82) is 0 Å². The first kappa shape index (κ1) is 13.1. The first-order valence-corrected chi connectivity index (χ1v) is 4.97. The van der Waals surface area contributed by atoms with Crippen LogP contribution in [0.25, 0.3) is 0 Å². The number of halogens is 1. The molecule has 6 heteroatoms. The number of hydrogen-bond acceptors (Lipinski definition) is 5. The molecule has 0 bridgehead atoms. The molecular formula is C8H11BrO5. The molecule has 1 atom stereocenters. The normalized spacial score (nSPS) is 11.6. The predicted octanol–water partition coefficient (Wildman–Crippen LogP) is 0.445. The van der Waals surface area contributed by atoms with Gasteiger partial charge in [0, 0.05) is 0 Å². The van der Waals surface area contributed by atoms with E-state index in [9.17, 15) is 14.4 Å². The topological polar surface area (TPSA) is 69.7 Å². The van der Waals surface area contributed by atoms with Crippen LogP contribution in [0.3, 0.4) is 0 Å². The zero-order valence-electron chi connectivity index (χ0n) is 7.91. The number of ketones is 1. The molecule has 0 heterocycles. The van der Waals surface area contributed by atoms with E-state index >= 15 is 0 Å². The maximum atomic E-state index is 11.1. The molecule has 0 aliphatic carbocycles. The number of hydrogen-bond donors (Lipinski definition) is 0. The van der Waals surface area contributed by atoms with Crippen LogP contribution in [-0.2, 0) is 23.9 Å². The zero-order valence-corrected chi connectivity index (χ0v) is 9.50. The fourth-order valence-electron chi connectivity index (χ4n) is 0.628. The van der Waals surface area contributed by atoms with Crippen LogP contribution in [-0.4, -0.2) is 35.8 Å². The van der Waals surface area contributed by atoms with Crippen molar-refractivity contribution in [3.05, 3.63) is 0 Å². The van der Waals surface area contributed by atoms with Gasteiger partial charge in [-0.3, -0.25) is 9.59 Å². The third-order valence-electron chi connectivity index (χ3n) is 1.20. The van der Waals surface area contributed by atoms with Gasteiger partial charge in [-0.2, -0.15) is 0 Å². The highest BCUT2D eigenvalue weighted by molar-refractivity contribution is 9.10. The number of esters is 2. The Bertz CT molecular complexity index is 238. The van der Waals surface area contributed by atoms with Crippen LogP contribution in [0.4, 0.5) is 0 Å². The minimum atomic E-state index is -1.28. The standard InChI is InChI=1S/C8H11BrO5/c1-3-13-7(11)5(9)6(10)8(12)14-4-2/h5H,3-4H2,1-2H3/t5-/m0/s1. The lowest BCUT2D eigenvalue weighted by Gasteiger charge is -2.06. The summed E-state index contributed by atoms with van der Waals surface area (Å²) < 4.78 is 8.97. The summed E-state index contributed by atoms with van der Waals surface area (Å²) in [7, 11) is 0. The molecule has 0 saturated heterocycles. The van der Waals surface area contributed by atoms with E-state index in [1.807, 2.05) is 0 Å². The van der Waals surface area contributed by atoms with Crippen LogP contribution >= 0.6 is 15.9 Å². The predicted molar refractivity (Wildman–Crippen MR) is 51.0 cm³/mol. The van der Waals surface area contributed by atoms with Crippen molar-refractivity contribution < 1.29 is 23.9 Å². The van der Waals surface area contributed by atoms with Crippen LogP contribution in [0.2, 0.25) is 0 Å². The van der Waals surface area contributed by atoms with Gasteiger partial charge in [-0.25, -0.2) is 4.79 Å². The van der Waals surface area contributed by atoms with Crippen molar-refractivity contribution in [2.45, 2.75) is 18.7 Å². The number of rotatable bonds is 5. The minimum Gasteiger partial charge on any atom is -0.465 e. The van der Waals surface area contributed by atoms with E-state index < -0.39 is 22.5 Å². The molecule has 0 aliphatic rings. The first-order chi connectivity index (χ1) is 6.54. The molecule has 0 radical (unpaired) electrons.